The van der Waals surface area contributed by atoms with Crippen molar-refractivity contribution >= 4 is 27.4 Å². The van der Waals surface area contributed by atoms with Gasteiger partial charge in [-0.15, -0.1) is 0 Å². The highest BCUT2D eigenvalue weighted by Crippen LogP contribution is 2.35. The fraction of sp³-hybridized carbons (Fsp3) is 0.278. The van der Waals surface area contributed by atoms with Crippen molar-refractivity contribution in [1.82, 2.24) is 0 Å². The number of rotatable bonds is 8. The molecule has 0 spiro atoms. The first-order valence-corrected chi connectivity index (χ1v) is 9.67. The van der Waals surface area contributed by atoms with Crippen molar-refractivity contribution in [3.05, 3.63) is 52.1 Å². The maximum atomic E-state index is 13.3. The minimum atomic E-state index is -4.31. The van der Waals surface area contributed by atoms with Crippen molar-refractivity contribution in [3.8, 4) is 11.5 Å². The Kier molecular flexibility index (Phi) is 6.64. The van der Waals surface area contributed by atoms with Crippen molar-refractivity contribution in [3.63, 3.8) is 0 Å². The standard InChI is InChI=1S/C18H20N2O8S/c1-12-14(6-5-7-15(12)20(22)23)19(11-18(21)28-4)29(24,25)13-8-9-16(26-2)17(10-13)27-3/h5-10H,11H2,1-4H3. The number of methoxy groups -OCH3 is 3. The van der Waals surface area contributed by atoms with E-state index in [0.717, 1.165) is 11.4 Å². The van der Waals surface area contributed by atoms with E-state index in [9.17, 15) is 23.3 Å². The summed E-state index contributed by atoms with van der Waals surface area (Å²) in [7, 11) is -0.435. The first-order valence-electron chi connectivity index (χ1n) is 8.23. The van der Waals surface area contributed by atoms with Gasteiger partial charge >= 0.3 is 5.97 Å². The number of esters is 1. The molecule has 0 unspecified atom stereocenters. The molecular weight excluding hydrogens is 404 g/mol. The molecule has 0 heterocycles. The fourth-order valence-electron chi connectivity index (χ4n) is 2.67. The second-order valence-electron chi connectivity index (χ2n) is 5.78. The van der Waals surface area contributed by atoms with Gasteiger partial charge in [0, 0.05) is 12.1 Å². The Hall–Kier alpha value is -3.34. The molecule has 29 heavy (non-hydrogen) atoms. The number of carbonyl (C=O) groups excluding carboxylic acids is 1. The average molecular weight is 424 g/mol. The highest BCUT2D eigenvalue weighted by atomic mass is 32.2. The Morgan fingerprint density at radius 1 is 1.10 bits per heavy atom. The van der Waals surface area contributed by atoms with E-state index in [1.807, 2.05) is 0 Å². The van der Waals surface area contributed by atoms with E-state index in [1.165, 1.54) is 57.5 Å². The van der Waals surface area contributed by atoms with Crippen LogP contribution in [0.25, 0.3) is 0 Å². The molecular formula is C18H20N2O8S. The molecule has 10 nitrogen and oxygen atoms in total. The molecule has 156 valence electrons. The topological polar surface area (TPSA) is 125 Å². The molecule has 0 radical (unpaired) electrons. The minimum absolute atomic E-state index is 0.0145. The number of carbonyl (C=O) groups is 1. The second-order valence-corrected chi connectivity index (χ2v) is 7.65. The lowest BCUT2D eigenvalue weighted by molar-refractivity contribution is -0.385. The molecule has 2 aromatic rings. The molecule has 0 N–H and O–H groups in total. The fourth-order valence-corrected chi connectivity index (χ4v) is 4.15. The van der Waals surface area contributed by atoms with Gasteiger partial charge in [-0.25, -0.2) is 8.42 Å². The van der Waals surface area contributed by atoms with Crippen molar-refractivity contribution in [1.29, 1.82) is 0 Å². The SMILES string of the molecule is COC(=O)CN(c1cccc([N+](=O)[O-])c1C)S(=O)(=O)c1ccc(OC)c(OC)c1. The first-order chi connectivity index (χ1) is 13.7. The number of nitro groups is 1. The molecule has 0 atom stereocenters. The maximum Gasteiger partial charge on any atom is 0.326 e. The number of anilines is 1. The molecule has 0 amide bonds. The molecule has 11 heteroatoms. The van der Waals surface area contributed by atoms with E-state index in [4.69, 9.17) is 9.47 Å². The Bertz CT molecular complexity index is 1040. The van der Waals surface area contributed by atoms with Crippen LogP contribution in [0.5, 0.6) is 11.5 Å². The van der Waals surface area contributed by atoms with Gasteiger partial charge in [0.1, 0.15) is 6.54 Å². The largest absolute Gasteiger partial charge is 0.493 e. The summed E-state index contributed by atoms with van der Waals surface area (Å²) in [5.74, 6) is -0.347. The molecule has 0 aliphatic heterocycles. The van der Waals surface area contributed by atoms with E-state index in [0.29, 0.717) is 5.75 Å². The van der Waals surface area contributed by atoms with Gasteiger partial charge < -0.3 is 14.2 Å². The third-order valence-corrected chi connectivity index (χ3v) is 5.94. The zero-order chi connectivity index (χ0) is 21.8. The number of nitro benzene ring substituents is 1. The van der Waals surface area contributed by atoms with Crippen LogP contribution < -0.4 is 13.8 Å². The molecule has 0 bridgehead atoms. The second kappa shape index (κ2) is 8.78. The van der Waals surface area contributed by atoms with Crippen molar-refractivity contribution in [2.24, 2.45) is 0 Å². The molecule has 0 saturated carbocycles. The van der Waals surface area contributed by atoms with Gasteiger partial charge in [0.2, 0.25) is 0 Å². The van der Waals surface area contributed by atoms with Crippen molar-refractivity contribution in [2.75, 3.05) is 32.2 Å². The number of ether oxygens (including phenoxy) is 3. The number of benzene rings is 2. The number of hydrogen-bond donors (Lipinski definition) is 0. The van der Waals surface area contributed by atoms with Crippen LogP contribution in [0.3, 0.4) is 0 Å². The van der Waals surface area contributed by atoms with Gasteiger partial charge in [-0.3, -0.25) is 19.2 Å². The third kappa shape index (κ3) is 4.40. The summed E-state index contributed by atoms with van der Waals surface area (Å²) in [6.45, 7) is 0.733. The quantitative estimate of drug-likeness (QED) is 0.359. The van der Waals surface area contributed by atoms with E-state index in [-0.39, 0.29) is 27.6 Å². The highest BCUT2D eigenvalue weighted by molar-refractivity contribution is 7.92. The van der Waals surface area contributed by atoms with Gasteiger partial charge in [0.15, 0.2) is 11.5 Å². The predicted octanol–water partition coefficient (Wildman–Crippen LogP) is 2.29. The molecule has 2 rings (SSSR count). The van der Waals surface area contributed by atoms with Crippen LogP contribution in [0.2, 0.25) is 0 Å². The number of hydrogen-bond acceptors (Lipinski definition) is 8. The van der Waals surface area contributed by atoms with Crippen molar-refractivity contribution < 1.29 is 32.3 Å². The van der Waals surface area contributed by atoms with Crippen LogP contribution in [0, 0.1) is 17.0 Å². The van der Waals surface area contributed by atoms with Crippen LogP contribution in [0.15, 0.2) is 41.3 Å². The van der Waals surface area contributed by atoms with Gasteiger partial charge in [0.25, 0.3) is 15.7 Å². The lowest BCUT2D eigenvalue weighted by Gasteiger charge is -2.25. The Morgan fingerprint density at radius 3 is 2.31 bits per heavy atom. The van der Waals surface area contributed by atoms with Crippen LogP contribution in [0.1, 0.15) is 5.56 Å². The first kappa shape index (κ1) is 22.0. The van der Waals surface area contributed by atoms with Crippen LogP contribution in [-0.2, 0) is 19.6 Å². The Balaban J connectivity index is 2.68. The Morgan fingerprint density at radius 2 is 1.76 bits per heavy atom. The summed E-state index contributed by atoms with van der Waals surface area (Å²) in [6.07, 6.45) is 0. The highest BCUT2D eigenvalue weighted by Gasteiger charge is 2.31. The molecule has 2 aromatic carbocycles. The molecule has 0 aliphatic rings. The average Bonchev–Trinajstić information content (AvgIpc) is 2.71. The summed E-state index contributed by atoms with van der Waals surface area (Å²) < 4.78 is 42.3. The van der Waals surface area contributed by atoms with Gasteiger partial charge in [-0.05, 0) is 25.1 Å². The van der Waals surface area contributed by atoms with Gasteiger partial charge in [-0.1, -0.05) is 6.07 Å². The Labute approximate surface area is 167 Å². The van der Waals surface area contributed by atoms with Crippen molar-refractivity contribution in [2.45, 2.75) is 11.8 Å². The van der Waals surface area contributed by atoms with E-state index >= 15 is 0 Å². The van der Waals surface area contributed by atoms with E-state index in [2.05, 4.69) is 4.74 Å². The van der Waals surface area contributed by atoms with Gasteiger partial charge in [-0.2, -0.15) is 0 Å². The lowest BCUT2D eigenvalue weighted by Crippen LogP contribution is -2.36. The number of nitrogens with zero attached hydrogens (tertiary/aromatic N) is 2. The normalized spacial score (nSPS) is 10.9. The summed E-state index contributed by atoms with van der Waals surface area (Å²) >= 11 is 0. The smallest absolute Gasteiger partial charge is 0.326 e. The number of sulfonamides is 1. The van der Waals surface area contributed by atoms with E-state index < -0.39 is 27.5 Å². The zero-order valence-electron chi connectivity index (χ0n) is 16.2. The predicted molar refractivity (Wildman–Crippen MR) is 104 cm³/mol. The molecule has 0 aromatic heterocycles. The van der Waals surface area contributed by atoms with Crippen LogP contribution >= 0.6 is 0 Å². The lowest BCUT2D eigenvalue weighted by atomic mass is 10.1. The summed E-state index contributed by atoms with van der Waals surface area (Å²) in [6, 6.07) is 7.90. The summed E-state index contributed by atoms with van der Waals surface area (Å²) in [4.78, 5) is 22.4. The molecule has 0 aliphatic carbocycles. The maximum absolute atomic E-state index is 13.3. The minimum Gasteiger partial charge on any atom is -0.493 e. The zero-order valence-corrected chi connectivity index (χ0v) is 17.1. The monoisotopic (exact) mass is 424 g/mol. The third-order valence-electron chi connectivity index (χ3n) is 4.19. The van der Waals surface area contributed by atoms with Gasteiger partial charge in [0.05, 0.1) is 42.4 Å². The van der Waals surface area contributed by atoms with Crippen LogP contribution in [0.4, 0.5) is 11.4 Å². The molecule has 0 saturated heterocycles. The summed E-state index contributed by atoms with van der Waals surface area (Å²) in [5, 5.41) is 11.3. The van der Waals surface area contributed by atoms with Crippen LogP contribution in [-0.4, -0.2) is 47.2 Å². The molecule has 0 fully saturated rings. The summed E-state index contributed by atoms with van der Waals surface area (Å²) in [5.41, 5.74) is -0.204. The van der Waals surface area contributed by atoms with E-state index in [1.54, 1.807) is 0 Å².